The lowest BCUT2D eigenvalue weighted by atomic mass is 9.35. The first-order valence-corrected chi connectivity index (χ1v) is 10.6. The van der Waals surface area contributed by atoms with Gasteiger partial charge in [0.25, 0.3) is 0 Å². The van der Waals surface area contributed by atoms with Crippen LogP contribution in [-0.4, -0.2) is 6.71 Å². The second-order valence-corrected chi connectivity index (χ2v) is 7.93. The molecule has 0 fully saturated rings. The van der Waals surface area contributed by atoms with E-state index in [0.29, 0.717) is 0 Å². The fourth-order valence-corrected chi connectivity index (χ4v) is 4.18. The molecule has 1 nitrogen and oxygen atoms in total. The van der Waals surface area contributed by atoms with Crippen molar-refractivity contribution in [2.75, 3.05) is 0 Å². The number of hydrogen-bond acceptors (Lipinski definition) is 1. The molecule has 2 heteroatoms. The minimum Gasteiger partial charge on any atom is -0.465 e. The first-order chi connectivity index (χ1) is 15.3. The molecule has 0 aliphatic heterocycles. The normalized spacial score (nSPS) is 11.6. The highest BCUT2D eigenvalue weighted by molar-refractivity contribution is 7.00. The lowest BCUT2D eigenvalue weighted by Crippen LogP contribution is -2.43. The zero-order valence-corrected chi connectivity index (χ0v) is 17.5. The van der Waals surface area contributed by atoms with Crippen LogP contribution in [0.4, 0.5) is 0 Å². The number of benzene rings is 4. The molecule has 0 spiro atoms. The van der Waals surface area contributed by atoms with Crippen molar-refractivity contribution in [2.45, 2.75) is 6.92 Å². The molecule has 4 aromatic carbocycles. The van der Waals surface area contributed by atoms with Gasteiger partial charge in [-0.1, -0.05) is 113 Å². The molecule has 0 saturated carbocycles. The van der Waals surface area contributed by atoms with Crippen LogP contribution in [0, 0.1) is 6.92 Å². The van der Waals surface area contributed by atoms with E-state index in [1.54, 1.807) is 6.26 Å². The van der Waals surface area contributed by atoms with E-state index in [0.717, 1.165) is 5.76 Å². The van der Waals surface area contributed by atoms with Gasteiger partial charge < -0.3 is 4.42 Å². The fourth-order valence-electron chi connectivity index (χ4n) is 4.18. The Morgan fingerprint density at radius 1 is 0.677 bits per heavy atom. The third-order valence-corrected chi connectivity index (χ3v) is 5.78. The van der Waals surface area contributed by atoms with Gasteiger partial charge in [-0.25, -0.2) is 0 Å². The maximum Gasteiger partial charge on any atom is 0.242 e. The molecule has 0 amide bonds. The molecule has 0 bridgehead atoms. The molecular weight excluding hydrogens is 375 g/mol. The summed E-state index contributed by atoms with van der Waals surface area (Å²) >= 11 is 0. The third-order valence-electron chi connectivity index (χ3n) is 5.78. The van der Waals surface area contributed by atoms with E-state index in [9.17, 15) is 0 Å². The maximum absolute atomic E-state index is 5.74. The molecule has 0 saturated heterocycles. The van der Waals surface area contributed by atoms with E-state index in [4.69, 9.17) is 4.42 Å². The van der Waals surface area contributed by atoms with Crippen LogP contribution in [0.15, 0.2) is 120 Å². The van der Waals surface area contributed by atoms with Crippen LogP contribution in [0.5, 0.6) is 0 Å². The number of aryl methyl sites for hydroxylation is 1. The minimum absolute atomic E-state index is 0.0908. The molecule has 5 rings (SSSR count). The fraction of sp³-hybridized carbons (Fsp3) is 0.0345. The zero-order valence-electron chi connectivity index (χ0n) is 17.5. The molecule has 148 valence electrons. The van der Waals surface area contributed by atoms with E-state index in [1.807, 2.05) is 12.1 Å². The van der Waals surface area contributed by atoms with Crippen molar-refractivity contribution in [2.24, 2.45) is 0 Å². The topological polar surface area (TPSA) is 13.1 Å². The predicted octanol–water partition coefficient (Wildman–Crippen LogP) is 6.13. The Bertz CT molecular complexity index is 1320. The van der Waals surface area contributed by atoms with E-state index < -0.39 is 0 Å². The average Bonchev–Trinajstić information content (AvgIpc) is 3.33. The van der Waals surface area contributed by atoms with Crippen LogP contribution < -0.4 is 10.9 Å². The highest BCUT2D eigenvalue weighted by Crippen LogP contribution is 2.26. The van der Waals surface area contributed by atoms with Crippen molar-refractivity contribution in [3.8, 4) is 0 Å². The molecule has 5 aromatic rings. The molecule has 0 atom stereocenters. The quantitative estimate of drug-likeness (QED) is 0.325. The SMILES string of the molecule is Cc1ccc(B(/C(=C\c2ccco2)c2ccc3ccccc3c2)c2ccccc2)cc1. The second kappa shape index (κ2) is 8.53. The summed E-state index contributed by atoms with van der Waals surface area (Å²) < 4.78 is 5.74. The van der Waals surface area contributed by atoms with Gasteiger partial charge in [-0.2, -0.15) is 0 Å². The van der Waals surface area contributed by atoms with Gasteiger partial charge in [0.2, 0.25) is 6.71 Å². The van der Waals surface area contributed by atoms with E-state index in [1.165, 1.54) is 38.3 Å². The minimum atomic E-state index is 0.0908. The van der Waals surface area contributed by atoms with Gasteiger partial charge >= 0.3 is 0 Å². The summed E-state index contributed by atoms with van der Waals surface area (Å²) in [6, 6.07) is 38.8. The molecule has 31 heavy (non-hydrogen) atoms. The van der Waals surface area contributed by atoms with Crippen molar-refractivity contribution >= 4 is 40.0 Å². The molecule has 0 radical (unpaired) electrons. The Hall–Kier alpha value is -3.78. The number of hydrogen-bond donors (Lipinski definition) is 0. The molecular formula is C29H23BO. The van der Waals surface area contributed by atoms with Crippen molar-refractivity contribution in [1.82, 2.24) is 0 Å². The Morgan fingerprint density at radius 2 is 1.39 bits per heavy atom. The summed E-state index contributed by atoms with van der Waals surface area (Å²) in [5.74, 6) is 0.858. The summed E-state index contributed by atoms with van der Waals surface area (Å²) in [5, 5.41) is 2.48. The summed E-state index contributed by atoms with van der Waals surface area (Å²) in [6.07, 6.45) is 3.91. The molecule has 0 aliphatic rings. The van der Waals surface area contributed by atoms with Crippen molar-refractivity contribution < 1.29 is 4.42 Å². The summed E-state index contributed by atoms with van der Waals surface area (Å²) in [5.41, 5.74) is 6.21. The van der Waals surface area contributed by atoms with Gasteiger partial charge in [0.1, 0.15) is 5.76 Å². The monoisotopic (exact) mass is 398 g/mol. The first kappa shape index (κ1) is 19.2. The molecule has 0 unspecified atom stereocenters. The Labute approximate surface area is 183 Å². The van der Waals surface area contributed by atoms with Crippen LogP contribution in [0.2, 0.25) is 0 Å². The van der Waals surface area contributed by atoms with Gasteiger partial charge in [-0.3, -0.25) is 0 Å². The zero-order chi connectivity index (χ0) is 21.0. The van der Waals surface area contributed by atoms with Crippen LogP contribution in [0.25, 0.3) is 22.3 Å². The molecule has 1 aromatic heterocycles. The standard InChI is InChI=1S/C29H23BO/c1-22-13-17-27(18-14-22)30(26-10-3-2-4-11-26)29(21-28-12-7-19-31-28)25-16-15-23-8-5-6-9-24(23)20-25/h2-21H,1H3/b29-21-. The number of furan rings is 1. The second-order valence-electron chi connectivity index (χ2n) is 7.93. The third kappa shape index (κ3) is 4.11. The van der Waals surface area contributed by atoms with Gasteiger partial charge in [-0.15, -0.1) is 0 Å². The summed E-state index contributed by atoms with van der Waals surface area (Å²) in [4.78, 5) is 0. The van der Waals surface area contributed by atoms with E-state index in [-0.39, 0.29) is 6.71 Å². The van der Waals surface area contributed by atoms with Crippen LogP contribution in [-0.2, 0) is 0 Å². The Kier molecular flexibility index (Phi) is 5.29. The van der Waals surface area contributed by atoms with Crippen molar-refractivity contribution in [3.63, 3.8) is 0 Å². The van der Waals surface area contributed by atoms with Crippen molar-refractivity contribution in [1.29, 1.82) is 0 Å². The smallest absolute Gasteiger partial charge is 0.242 e. The highest BCUT2D eigenvalue weighted by atomic mass is 16.3. The molecule has 0 aliphatic carbocycles. The summed E-state index contributed by atoms with van der Waals surface area (Å²) in [6.45, 7) is 2.22. The van der Waals surface area contributed by atoms with Crippen LogP contribution in [0.1, 0.15) is 16.9 Å². The van der Waals surface area contributed by atoms with Gasteiger partial charge in [0, 0.05) is 0 Å². The van der Waals surface area contributed by atoms with Crippen LogP contribution in [0.3, 0.4) is 0 Å². The maximum atomic E-state index is 5.74. The lowest BCUT2D eigenvalue weighted by molar-refractivity contribution is 0.557. The largest absolute Gasteiger partial charge is 0.465 e. The van der Waals surface area contributed by atoms with E-state index in [2.05, 4.69) is 110 Å². The summed E-state index contributed by atoms with van der Waals surface area (Å²) in [7, 11) is 0. The average molecular weight is 398 g/mol. The predicted molar refractivity (Wildman–Crippen MR) is 133 cm³/mol. The number of rotatable bonds is 5. The van der Waals surface area contributed by atoms with Gasteiger partial charge in [0.15, 0.2) is 0 Å². The molecule has 0 N–H and O–H groups in total. The lowest BCUT2D eigenvalue weighted by Gasteiger charge is -2.20. The molecule has 1 heterocycles. The Morgan fingerprint density at radius 3 is 2.13 bits per heavy atom. The Balaban J connectivity index is 1.75. The van der Waals surface area contributed by atoms with Gasteiger partial charge in [-0.05, 0) is 47.5 Å². The van der Waals surface area contributed by atoms with Gasteiger partial charge in [0.05, 0.1) is 6.26 Å². The van der Waals surface area contributed by atoms with Crippen LogP contribution >= 0.6 is 0 Å². The highest BCUT2D eigenvalue weighted by Gasteiger charge is 2.25. The first-order valence-electron chi connectivity index (χ1n) is 10.6. The van der Waals surface area contributed by atoms with E-state index >= 15 is 0 Å². The van der Waals surface area contributed by atoms with Crippen molar-refractivity contribution in [3.05, 3.63) is 132 Å². The number of fused-ring (bicyclic) bond motifs is 1.